The fourth-order valence-corrected chi connectivity index (χ4v) is 5.86. The monoisotopic (exact) mass is 518 g/mol. The molecule has 1 aliphatic rings. The summed E-state index contributed by atoms with van der Waals surface area (Å²) in [7, 11) is 1.60. The van der Waals surface area contributed by atoms with Crippen LogP contribution in [0, 0.1) is 0 Å². The second-order valence-electron chi connectivity index (χ2n) is 6.71. The highest BCUT2D eigenvalue weighted by Crippen LogP contribution is 2.33. The topological polar surface area (TPSA) is 69.9 Å². The lowest BCUT2D eigenvalue weighted by Crippen LogP contribution is -2.39. The van der Waals surface area contributed by atoms with E-state index in [0.717, 1.165) is 14.9 Å². The quantitative estimate of drug-likeness (QED) is 0.483. The second kappa shape index (κ2) is 8.94. The van der Waals surface area contributed by atoms with Gasteiger partial charge in [-0.25, -0.2) is 9.79 Å². The minimum Gasteiger partial charge on any atom is -0.496 e. The van der Waals surface area contributed by atoms with E-state index in [0.29, 0.717) is 26.4 Å². The third-order valence-corrected chi connectivity index (χ3v) is 7.33. The molecule has 6 nitrogen and oxygen atoms in total. The number of esters is 1. The predicted octanol–water partition coefficient (Wildman–Crippen LogP) is 3.63. The first-order valence-corrected chi connectivity index (χ1v) is 12.0. The van der Waals surface area contributed by atoms with E-state index in [-0.39, 0.29) is 12.2 Å². The van der Waals surface area contributed by atoms with Gasteiger partial charge in [-0.2, -0.15) is 0 Å². The Morgan fingerprint density at radius 1 is 1.35 bits per heavy atom. The van der Waals surface area contributed by atoms with Crippen molar-refractivity contribution in [1.82, 2.24) is 4.57 Å². The van der Waals surface area contributed by atoms with Crippen molar-refractivity contribution in [2.45, 2.75) is 19.9 Å². The molecule has 31 heavy (non-hydrogen) atoms. The molecule has 3 heterocycles. The van der Waals surface area contributed by atoms with Gasteiger partial charge in [-0.1, -0.05) is 23.5 Å². The Kier molecular flexibility index (Phi) is 6.27. The van der Waals surface area contributed by atoms with Gasteiger partial charge in [0.05, 0.1) is 34.0 Å². The number of aromatic nitrogens is 1. The summed E-state index contributed by atoms with van der Waals surface area (Å²) >= 11 is 6.28. The fraction of sp³-hybridized carbons (Fsp3) is 0.227. The van der Waals surface area contributed by atoms with E-state index in [9.17, 15) is 9.59 Å². The standard InChI is InChI=1S/C22H19BrN2O4S2/c1-4-29-21(27)18-12(2)24-22-25(19(18)16-6-5-9-30-16)20(26)17(31-22)11-13-7-8-15(28-3)14(23)10-13/h5-11,19H,4H2,1-3H3/b17-11+/t19-/m1/s1. The highest BCUT2D eigenvalue weighted by Gasteiger charge is 2.33. The molecular weight excluding hydrogens is 500 g/mol. The van der Waals surface area contributed by atoms with Crippen molar-refractivity contribution in [3.8, 4) is 5.75 Å². The number of carbonyl (C=O) groups is 1. The first kappa shape index (κ1) is 21.7. The van der Waals surface area contributed by atoms with Gasteiger partial charge in [0.1, 0.15) is 11.8 Å². The molecule has 1 aliphatic heterocycles. The van der Waals surface area contributed by atoms with E-state index in [1.807, 2.05) is 41.8 Å². The highest BCUT2D eigenvalue weighted by atomic mass is 79.9. The summed E-state index contributed by atoms with van der Waals surface area (Å²) in [6, 6.07) is 8.88. The number of nitrogens with zero attached hydrogens (tertiary/aromatic N) is 2. The third kappa shape index (κ3) is 4.05. The number of halogens is 1. The number of thiazole rings is 1. The number of allylic oxidation sites excluding steroid dienone is 1. The van der Waals surface area contributed by atoms with E-state index in [2.05, 4.69) is 20.9 Å². The Morgan fingerprint density at radius 2 is 2.16 bits per heavy atom. The average Bonchev–Trinajstić information content (AvgIpc) is 3.36. The van der Waals surface area contributed by atoms with Crippen LogP contribution in [0.15, 0.2) is 61.2 Å². The number of methoxy groups -OCH3 is 1. The molecule has 0 amide bonds. The van der Waals surface area contributed by atoms with E-state index < -0.39 is 12.0 Å². The van der Waals surface area contributed by atoms with E-state index in [1.165, 1.54) is 22.7 Å². The smallest absolute Gasteiger partial charge is 0.338 e. The maximum Gasteiger partial charge on any atom is 0.338 e. The number of benzene rings is 1. The molecule has 9 heteroatoms. The van der Waals surface area contributed by atoms with E-state index >= 15 is 0 Å². The molecule has 4 rings (SSSR count). The molecule has 1 aromatic carbocycles. The van der Waals surface area contributed by atoms with Gasteiger partial charge in [0.25, 0.3) is 5.56 Å². The van der Waals surface area contributed by atoms with Gasteiger partial charge >= 0.3 is 5.97 Å². The lowest BCUT2D eigenvalue weighted by molar-refractivity contribution is -0.139. The van der Waals surface area contributed by atoms with Crippen LogP contribution in [0.5, 0.6) is 5.75 Å². The molecule has 0 saturated carbocycles. The van der Waals surface area contributed by atoms with Gasteiger partial charge in [-0.3, -0.25) is 9.36 Å². The number of rotatable bonds is 5. The summed E-state index contributed by atoms with van der Waals surface area (Å²) in [5.41, 5.74) is 1.63. The third-order valence-electron chi connectivity index (χ3n) is 4.80. The number of ether oxygens (including phenoxy) is 2. The lowest BCUT2D eigenvalue weighted by Gasteiger charge is -2.23. The van der Waals surface area contributed by atoms with Gasteiger partial charge in [0.15, 0.2) is 4.80 Å². The predicted molar refractivity (Wildman–Crippen MR) is 125 cm³/mol. The zero-order valence-corrected chi connectivity index (χ0v) is 20.3. The molecule has 0 fully saturated rings. The van der Waals surface area contributed by atoms with E-state index in [1.54, 1.807) is 25.5 Å². The van der Waals surface area contributed by atoms with Crippen molar-refractivity contribution in [1.29, 1.82) is 0 Å². The van der Waals surface area contributed by atoms with Crippen LogP contribution in [0.4, 0.5) is 0 Å². The van der Waals surface area contributed by atoms with Gasteiger partial charge in [-0.05, 0) is 65.0 Å². The van der Waals surface area contributed by atoms with Gasteiger partial charge in [0, 0.05) is 4.88 Å². The molecule has 0 bridgehead atoms. The molecule has 3 aromatic rings. The molecular formula is C22H19BrN2O4S2. The van der Waals surface area contributed by atoms with Crippen molar-refractivity contribution in [2.24, 2.45) is 4.99 Å². The zero-order valence-electron chi connectivity index (χ0n) is 17.0. The minimum atomic E-state index is -0.556. The first-order valence-electron chi connectivity index (χ1n) is 9.51. The Morgan fingerprint density at radius 3 is 2.81 bits per heavy atom. The minimum absolute atomic E-state index is 0.191. The van der Waals surface area contributed by atoms with Gasteiger partial charge < -0.3 is 9.47 Å². The van der Waals surface area contributed by atoms with Crippen LogP contribution in [0.2, 0.25) is 0 Å². The maximum absolute atomic E-state index is 13.4. The normalized spacial score (nSPS) is 16.1. The maximum atomic E-state index is 13.4. The summed E-state index contributed by atoms with van der Waals surface area (Å²) in [5.74, 6) is 0.265. The molecule has 0 spiro atoms. The summed E-state index contributed by atoms with van der Waals surface area (Å²) in [4.78, 5) is 32.2. The summed E-state index contributed by atoms with van der Waals surface area (Å²) in [6.45, 7) is 3.80. The first-order chi connectivity index (χ1) is 14.9. The van der Waals surface area contributed by atoms with Crippen LogP contribution < -0.4 is 19.6 Å². The number of carbonyl (C=O) groups excluding carboxylic acids is 1. The van der Waals surface area contributed by atoms with Crippen LogP contribution in [0.25, 0.3) is 6.08 Å². The Hall–Kier alpha value is -2.49. The SMILES string of the molecule is CCOC(=O)C1=C(C)N=c2s/c(=C/c3ccc(OC)c(Br)c3)c(=O)n2[C@@H]1c1cccs1. The molecule has 0 N–H and O–H groups in total. The number of thiophene rings is 1. The van der Waals surface area contributed by atoms with Crippen molar-refractivity contribution in [3.05, 3.63) is 81.6 Å². The van der Waals surface area contributed by atoms with Gasteiger partial charge in [0.2, 0.25) is 0 Å². The van der Waals surface area contributed by atoms with Crippen molar-refractivity contribution in [3.63, 3.8) is 0 Å². The fourth-order valence-electron chi connectivity index (χ4n) is 3.43. The highest BCUT2D eigenvalue weighted by molar-refractivity contribution is 9.10. The average molecular weight is 519 g/mol. The van der Waals surface area contributed by atoms with Crippen molar-refractivity contribution >= 4 is 50.6 Å². The van der Waals surface area contributed by atoms with Gasteiger partial charge in [-0.15, -0.1) is 11.3 Å². The molecule has 1 atom stereocenters. The molecule has 2 aromatic heterocycles. The Balaban J connectivity index is 1.91. The molecule has 0 radical (unpaired) electrons. The summed E-state index contributed by atoms with van der Waals surface area (Å²) in [5, 5.41) is 1.93. The van der Waals surface area contributed by atoms with E-state index in [4.69, 9.17) is 9.47 Å². The second-order valence-corrected chi connectivity index (χ2v) is 9.55. The van der Waals surface area contributed by atoms with Crippen molar-refractivity contribution in [2.75, 3.05) is 13.7 Å². The number of hydrogen-bond acceptors (Lipinski definition) is 7. The lowest BCUT2D eigenvalue weighted by atomic mass is 10.0. The van der Waals surface area contributed by atoms with Crippen LogP contribution >= 0.6 is 38.6 Å². The summed E-state index contributed by atoms with van der Waals surface area (Å²) < 4.78 is 13.5. The van der Waals surface area contributed by atoms with Crippen LogP contribution in [0.3, 0.4) is 0 Å². The molecule has 0 aliphatic carbocycles. The molecule has 0 saturated heterocycles. The number of fused-ring (bicyclic) bond motifs is 1. The molecule has 0 unspecified atom stereocenters. The Bertz CT molecular complexity index is 1350. The van der Waals surface area contributed by atoms with Crippen molar-refractivity contribution < 1.29 is 14.3 Å². The van der Waals surface area contributed by atoms with Crippen LogP contribution in [-0.2, 0) is 9.53 Å². The number of hydrogen-bond donors (Lipinski definition) is 0. The molecule has 160 valence electrons. The largest absolute Gasteiger partial charge is 0.496 e. The van der Waals surface area contributed by atoms with Crippen LogP contribution in [-0.4, -0.2) is 24.3 Å². The van der Waals surface area contributed by atoms with Crippen LogP contribution in [0.1, 0.15) is 30.3 Å². The summed E-state index contributed by atoms with van der Waals surface area (Å²) in [6.07, 6.45) is 1.82. The zero-order chi connectivity index (χ0) is 22.1. The Labute approximate surface area is 194 Å².